The monoisotopic (exact) mass is 490 g/mol. The molecule has 1 fully saturated rings. The zero-order valence-corrected chi connectivity index (χ0v) is 21.4. The average molecular weight is 491 g/mol. The fourth-order valence-electron chi connectivity index (χ4n) is 4.90. The average Bonchev–Trinajstić information content (AvgIpc) is 3.33. The third-order valence-electron chi connectivity index (χ3n) is 6.94. The first-order valence-electron chi connectivity index (χ1n) is 13.1. The third-order valence-corrected chi connectivity index (χ3v) is 6.94. The van der Waals surface area contributed by atoms with E-state index >= 15 is 0 Å². The lowest BCUT2D eigenvalue weighted by atomic mass is 10.0. The molecule has 7 nitrogen and oxygen atoms in total. The number of carbonyl (C=O) groups is 2. The number of amides is 2. The van der Waals surface area contributed by atoms with Crippen LogP contribution >= 0.6 is 0 Å². The van der Waals surface area contributed by atoms with Crippen LogP contribution in [-0.4, -0.2) is 52.6 Å². The summed E-state index contributed by atoms with van der Waals surface area (Å²) in [6.45, 7) is 4.95. The highest BCUT2D eigenvalue weighted by atomic mass is 16.3. The van der Waals surface area contributed by atoms with Gasteiger partial charge in [-0.3, -0.25) is 14.6 Å². The first kappa shape index (κ1) is 25.9. The lowest BCUT2D eigenvalue weighted by Crippen LogP contribution is -2.57. The Labute approximate surface area is 214 Å². The zero-order valence-electron chi connectivity index (χ0n) is 21.4. The van der Waals surface area contributed by atoms with Crippen LogP contribution in [-0.2, 0) is 16.0 Å². The molecule has 0 radical (unpaired) electrons. The molecular weight excluding hydrogens is 452 g/mol. The molecule has 0 aromatic heterocycles. The molecule has 192 valence electrons. The Balaban J connectivity index is 1.45. The van der Waals surface area contributed by atoms with Gasteiger partial charge in [0.1, 0.15) is 12.2 Å². The number of aliphatic hydroxyl groups excluding tert-OH is 1. The van der Waals surface area contributed by atoms with Crippen molar-refractivity contribution in [2.75, 3.05) is 25.0 Å². The maximum absolute atomic E-state index is 13.4. The summed E-state index contributed by atoms with van der Waals surface area (Å²) in [7, 11) is 0. The number of aliphatic hydroxyl groups is 1. The Kier molecular flexibility index (Phi) is 8.78. The van der Waals surface area contributed by atoms with Gasteiger partial charge in [-0.25, -0.2) is 5.43 Å². The molecule has 36 heavy (non-hydrogen) atoms. The molecule has 1 saturated heterocycles. The lowest BCUT2D eigenvalue weighted by Gasteiger charge is -2.41. The Morgan fingerprint density at radius 1 is 1.08 bits per heavy atom. The van der Waals surface area contributed by atoms with E-state index in [1.54, 1.807) is 4.90 Å². The number of nitrogens with zero attached hydrogens (tertiary/aromatic N) is 2. The number of unbranched alkanes of at least 4 members (excludes halogenated alkanes) is 2. The van der Waals surface area contributed by atoms with Gasteiger partial charge in [0.15, 0.2) is 0 Å². The fraction of sp³-hybridized carbons (Fsp3) is 0.448. The van der Waals surface area contributed by atoms with Crippen LogP contribution in [0.25, 0.3) is 0 Å². The maximum atomic E-state index is 13.4. The van der Waals surface area contributed by atoms with E-state index in [-0.39, 0.29) is 37.0 Å². The number of aryl methyl sites for hydroxylation is 2. The molecule has 3 N–H and O–H groups in total. The van der Waals surface area contributed by atoms with Crippen LogP contribution in [0.15, 0.2) is 60.3 Å². The van der Waals surface area contributed by atoms with Crippen LogP contribution in [0.2, 0.25) is 0 Å². The van der Waals surface area contributed by atoms with Crippen molar-refractivity contribution in [1.29, 1.82) is 0 Å². The molecule has 0 spiro atoms. The van der Waals surface area contributed by atoms with Crippen LogP contribution in [0.4, 0.5) is 5.69 Å². The van der Waals surface area contributed by atoms with E-state index < -0.39 is 0 Å². The Morgan fingerprint density at radius 3 is 2.53 bits per heavy atom. The molecular formula is C29H38N4O3. The highest BCUT2D eigenvalue weighted by Gasteiger charge is 2.41. The standard InChI is InChI=1S/C29H38N4O3/c1-3-4-5-8-25-19-32(20-28(35)30-24-15-11-22(12-16-24)7-6-17-34)29(36)27-18-26(31-33(25)27)23-13-9-21(2)10-14-23/h9-16,18,25-26,31,34H,3-8,17,19-20H2,1-2H3,(H,30,35). The van der Waals surface area contributed by atoms with Gasteiger partial charge in [0.2, 0.25) is 5.91 Å². The molecule has 4 rings (SSSR count). The fourth-order valence-corrected chi connectivity index (χ4v) is 4.90. The van der Waals surface area contributed by atoms with Crippen molar-refractivity contribution in [3.8, 4) is 0 Å². The van der Waals surface area contributed by atoms with E-state index in [4.69, 9.17) is 5.11 Å². The van der Waals surface area contributed by atoms with E-state index in [2.05, 4.69) is 48.9 Å². The van der Waals surface area contributed by atoms with Crippen molar-refractivity contribution >= 4 is 17.5 Å². The smallest absolute Gasteiger partial charge is 0.271 e. The van der Waals surface area contributed by atoms with Gasteiger partial charge in [0.05, 0.1) is 12.1 Å². The molecule has 2 unspecified atom stereocenters. The number of hydrogen-bond acceptors (Lipinski definition) is 5. The minimum Gasteiger partial charge on any atom is -0.396 e. The molecule has 0 aliphatic carbocycles. The second-order valence-corrected chi connectivity index (χ2v) is 9.85. The van der Waals surface area contributed by atoms with E-state index in [9.17, 15) is 9.59 Å². The number of hydrogen-bond donors (Lipinski definition) is 3. The number of rotatable bonds is 11. The molecule has 2 aromatic carbocycles. The first-order chi connectivity index (χ1) is 17.5. The molecule has 0 saturated carbocycles. The van der Waals surface area contributed by atoms with Gasteiger partial charge in [-0.1, -0.05) is 68.1 Å². The molecule has 2 aromatic rings. The van der Waals surface area contributed by atoms with Gasteiger partial charge in [0, 0.05) is 18.8 Å². The summed E-state index contributed by atoms with van der Waals surface area (Å²) in [6, 6.07) is 16.1. The van der Waals surface area contributed by atoms with E-state index in [0.717, 1.165) is 43.2 Å². The predicted octanol–water partition coefficient (Wildman–Crippen LogP) is 4.09. The normalized spacial score (nSPS) is 19.3. The van der Waals surface area contributed by atoms with Crippen LogP contribution < -0.4 is 10.7 Å². The van der Waals surface area contributed by atoms with Crippen molar-refractivity contribution in [2.45, 2.75) is 64.5 Å². The zero-order chi connectivity index (χ0) is 25.5. The number of anilines is 1. The topological polar surface area (TPSA) is 84.9 Å². The van der Waals surface area contributed by atoms with Gasteiger partial charge in [-0.15, -0.1) is 0 Å². The summed E-state index contributed by atoms with van der Waals surface area (Å²) in [5, 5.41) is 14.0. The second kappa shape index (κ2) is 12.2. The van der Waals surface area contributed by atoms with Crippen LogP contribution in [0.3, 0.4) is 0 Å². The van der Waals surface area contributed by atoms with Crippen LogP contribution in [0, 0.1) is 6.92 Å². The molecule has 2 amide bonds. The number of nitrogens with one attached hydrogen (secondary N) is 2. The summed E-state index contributed by atoms with van der Waals surface area (Å²) >= 11 is 0. The Hall–Kier alpha value is -3.16. The Morgan fingerprint density at radius 2 is 1.83 bits per heavy atom. The predicted molar refractivity (Wildman–Crippen MR) is 142 cm³/mol. The van der Waals surface area contributed by atoms with Crippen molar-refractivity contribution in [3.05, 3.63) is 77.0 Å². The van der Waals surface area contributed by atoms with E-state index in [1.165, 1.54) is 5.56 Å². The number of carbonyl (C=O) groups excluding carboxylic acids is 2. The van der Waals surface area contributed by atoms with E-state index in [0.29, 0.717) is 24.4 Å². The van der Waals surface area contributed by atoms with Crippen molar-refractivity contribution in [2.24, 2.45) is 0 Å². The summed E-state index contributed by atoms with van der Waals surface area (Å²) in [5.41, 5.74) is 8.33. The number of piperazine rings is 1. The van der Waals surface area contributed by atoms with Crippen LogP contribution in [0.1, 0.15) is 61.8 Å². The van der Waals surface area contributed by atoms with Crippen molar-refractivity contribution in [1.82, 2.24) is 15.3 Å². The molecule has 2 atom stereocenters. The molecule has 0 bridgehead atoms. The van der Waals surface area contributed by atoms with Gasteiger partial charge in [-0.2, -0.15) is 0 Å². The second-order valence-electron chi connectivity index (χ2n) is 9.85. The number of benzene rings is 2. The van der Waals surface area contributed by atoms with Crippen molar-refractivity contribution in [3.63, 3.8) is 0 Å². The summed E-state index contributed by atoms with van der Waals surface area (Å²) in [5.74, 6) is -0.313. The van der Waals surface area contributed by atoms with Gasteiger partial charge in [0.25, 0.3) is 5.91 Å². The third kappa shape index (κ3) is 6.33. The van der Waals surface area contributed by atoms with Gasteiger partial charge < -0.3 is 15.3 Å². The minimum atomic E-state index is -0.200. The summed E-state index contributed by atoms with van der Waals surface area (Å²) in [6.07, 6.45) is 7.84. The SMILES string of the molecule is CCCCCC1CN(CC(=O)Nc2ccc(CCCO)cc2)C(=O)C2=CC(c3ccc(C)cc3)NN21. The largest absolute Gasteiger partial charge is 0.396 e. The van der Waals surface area contributed by atoms with Gasteiger partial charge >= 0.3 is 0 Å². The quantitative estimate of drug-likeness (QED) is 0.413. The number of hydrazine groups is 1. The molecule has 7 heteroatoms. The van der Waals surface area contributed by atoms with Crippen molar-refractivity contribution < 1.29 is 14.7 Å². The molecule has 2 aliphatic heterocycles. The first-order valence-corrected chi connectivity index (χ1v) is 13.1. The summed E-state index contributed by atoms with van der Waals surface area (Å²) in [4.78, 5) is 28.0. The molecule has 2 heterocycles. The van der Waals surface area contributed by atoms with E-state index in [1.807, 2.05) is 35.4 Å². The highest BCUT2D eigenvalue weighted by Crippen LogP contribution is 2.32. The minimum absolute atomic E-state index is 0.0236. The maximum Gasteiger partial charge on any atom is 0.271 e. The van der Waals surface area contributed by atoms with Crippen LogP contribution in [0.5, 0.6) is 0 Å². The van der Waals surface area contributed by atoms with Gasteiger partial charge in [-0.05, 0) is 55.5 Å². The Bertz CT molecular complexity index is 1060. The summed E-state index contributed by atoms with van der Waals surface area (Å²) < 4.78 is 0. The number of fused-ring (bicyclic) bond motifs is 1. The highest BCUT2D eigenvalue weighted by molar-refractivity contribution is 5.99. The molecule has 2 aliphatic rings. The lowest BCUT2D eigenvalue weighted by molar-refractivity contribution is -0.137.